The molecule has 4 radical (unpaired) electrons. The number of carboxylic acids is 1. The van der Waals surface area contributed by atoms with Gasteiger partial charge in [-0.1, -0.05) is 129 Å². The summed E-state index contributed by atoms with van der Waals surface area (Å²) >= 11 is 0. The van der Waals surface area contributed by atoms with Crippen molar-refractivity contribution < 1.29 is 43.7 Å². The number of aliphatic carboxylic acids is 1. The van der Waals surface area contributed by atoms with Gasteiger partial charge < -0.3 is 36.2 Å². The van der Waals surface area contributed by atoms with Crippen LogP contribution >= 0.6 is 0 Å². The van der Waals surface area contributed by atoms with Gasteiger partial charge in [-0.05, 0) is 44.7 Å². The highest BCUT2D eigenvalue weighted by Gasteiger charge is 2.30. The molecule has 0 aliphatic rings. The van der Waals surface area contributed by atoms with Gasteiger partial charge >= 0.3 is 11.9 Å². The van der Waals surface area contributed by atoms with Crippen molar-refractivity contribution in [1.29, 1.82) is 0 Å². The van der Waals surface area contributed by atoms with Gasteiger partial charge in [0.2, 0.25) is 21.6 Å². The Morgan fingerprint density at radius 2 is 1.14 bits per heavy atom. The molecule has 0 aromatic heterocycles. The first-order valence-electron chi connectivity index (χ1n) is 18.6. The van der Waals surface area contributed by atoms with E-state index in [2.05, 4.69) is 21.3 Å². The number of amides is 4. The maximum atomic E-state index is 13.2. The molecule has 5 aromatic rings. The summed E-state index contributed by atoms with van der Waals surface area (Å²) < 4.78 is 5.13. The number of nitrogens with one attached hydrogen (secondary N) is 4. The van der Waals surface area contributed by atoms with Gasteiger partial charge in [-0.15, -0.1) is 0 Å². The van der Waals surface area contributed by atoms with Crippen molar-refractivity contribution in [3.63, 3.8) is 0 Å². The third-order valence-corrected chi connectivity index (χ3v) is 9.08. The lowest BCUT2D eigenvalue weighted by Crippen LogP contribution is -2.56. The lowest BCUT2D eigenvalue weighted by atomic mass is 9.96. The van der Waals surface area contributed by atoms with Gasteiger partial charge in [-0.3, -0.25) is 24.0 Å². The molecule has 2 unspecified atom stereocenters. The second-order valence-electron chi connectivity index (χ2n) is 13.4. The number of hydrogen-bond acceptors (Lipinski definition) is 8. The molecule has 0 heterocycles. The quantitative estimate of drug-likeness (QED) is 0.0599. The fourth-order valence-electron chi connectivity index (χ4n) is 6.27. The van der Waals surface area contributed by atoms with Crippen LogP contribution in [0.5, 0.6) is 0 Å². The lowest BCUT2D eigenvalue weighted by Gasteiger charge is -2.26. The monoisotopic (exact) mass is 782 g/mol. The highest BCUT2D eigenvalue weighted by molar-refractivity contribution is 6.57. The zero-order valence-corrected chi connectivity index (χ0v) is 31.9. The zero-order valence-electron chi connectivity index (χ0n) is 31.9. The third kappa shape index (κ3) is 13.6. The first-order chi connectivity index (χ1) is 27.9. The van der Waals surface area contributed by atoms with E-state index in [-0.39, 0.29) is 25.9 Å². The van der Waals surface area contributed by atoms with Crippen molar-refractivity contribution in [3.05, 3.63) is 132 Å². The minimum Gasteiger partial charge on any atom is -0.480 e. The minimum atomic E-state index is -1.64. The second-order valence-corrected chi connectivity index (χ2v) is 13.4. The molecule has 5 aromatic carbocycles. The van der Waals surface area contributed by atoms with Gasteiger partial charge in [0.15, 0.2) is 17.7 Å². The average molecular weight is 782 g/mol. The number of aliphatic hydroxyl groups is 1. The molecule has 0 aliphatic carbocycles. The maximum Gasteiger partial charge on any atom is 0.326 e. The van der Waals surface area contributed by atoms with E-state index in [1.54, 1.807) is 12.1 Å². The maximum absolute atomic E-state index is 13.2. The first kappa shape index (κ1) is 44.2. The van der Waals surface area contributed by atoms with Crippen molar-refractivity contribution in [2.45, 2.75) is 63.4 Å². The Hall–Kier alpha value is -6.47. The molecule has 13 nitrogen and oxygen atoms in total. The van der Waals surface area contributed by atoms with Crippen LogP contribution in [0.3, 0.4) is 0 Å². The number of carbonyl (C=O) groups is 6. The van der Waals surface area contributed by atoms with Crippen molar-refractivity contribution >= 4 is 72.6 Å². The number of hydrogen-bond donors (Lipinski definition) is 6. The number of rotatable bonds is 17. The molecule has 0 bridgehead atoms. The van der Waals surface area contributed by atoms with Crippen LogP contribution in [0.15, 0.2) is 115 Å². The summed E-state index contributed by atoms with van der Waals surface area (Å²) in [6.07, 6.45) is -0.478. The van der Waals surface area contributed by atoms with E-state index in [4.69, 9.17) is 25.5 Å². The van der Waals surface area contributed by atoms with Crippen LogP contribution in [-0.2, 0) is 43.4 Å². The first-order valence-corrected chi connectivity index (χ1v) is 18.6. The predicted octanol–water partition coefficient (Wildman–Crippen LogP) is 3.85. The van der Waals surface area contributed by atoms with E-state index in [1.807, 2.05) is 110 Å². The van der Waals surface area contributed by atoms with E-state index in [9.17, 15) is 33.9 Å². The van der Waals surface area contributed by atoms with Gasteiger partial charge in [-0.25, -0.2) is 4.79 Å². The Labute approximate surface area is 338 Å². The number of benzene rings is 5. The van der Waals surface area contributed by atoms with E-state index < -0.39 is 66.1 Å². The molecule has 0 spiro atoms. The number of carbonyl (C=O) groups excluding carboxylic acids is 5. The lowest BCUT2D eigenvalue weighted by molar-refractivity contribution is -0.146. The van der Waals surface area contributed by atoms with Crippen LogP contribution in [-0.4, -0.2) is 92.0 Å². The van der Waals surface area contributed by atoms with E-state index in [0.717, 1.165) is 38.2 Å². The second kappa shape index (κ2) is 22.3. The Balaban J connectivity index is 0.000000326. The van der Waals surface area contributed by atoms with E-state index in [1.165, 1.54) is 0 Å². The van der Waals surface area contributed by atoms with Gasteiger partial charge in [0.05, 0.1) is 6.04 Å². The zero-order chi connectivity index (χ0) is 42.0. The fourth-order valence-corrected chi connectivity index (χ4v) is 6.27. The van der Waals surface area contributed by atoms with Gasteiger partial charge in [0.25, 0.3) is 5.91 Å². The van der Waals surface area contributed by atoms with Crippen LogP contribution in [0.2, 0.25) is 0 Å². The summed E-state index contributed by atoms with van der Waals surface area (Å²) in [5, 5.41) is 33.4. The molecule has 6 N–H and O–H groups in total. The Kier molecular flexibility index (Phi) is 17.0. The third-order valence-electron chi connectivity index (χ3n) is 9.08. The van der Waals surface area contributed by atoms with E-state index >= 15 is 0 Å². The number of carboxylic acid groups (broad SMARTS) is 1. The van der Waals surface area contributed by atoms with Crippen molar-refractivity contribution in [2.24, 2.45) is 0 Å². The Morgan fingerprint density at radius 3 is 1.67 bits per heavy atom. The van der Waals surface area contributed by atoms with Crippen LogP contribution in [0.25, 0.3) is 21.5 Å². The van der Waals surface area contributed by atoms with Crippen LogP contribution in [0.1, 0.15) is 36.5 Å². The highest BCUT2D eigenvalue weighted by atomic mass is 16.5. The highest BCUT2D eigenvalue weighted by Crippen LogP contribution is 2.21. The van der Waals surface area contributed by atoms with Crippen molar-refractivity contribution in [1.82, 2.24) is 21.3 Å². The Bertz CT molecular complexity index is 2190. The number of ether oxygens (including phenoxy) is 1. The molecule has 5 rings (SSSR count). The molecule has 4 amide bonds. The molecule has 0 saturated heterocycles. The molecule has 58 heavy (non-hydrogen) atoms. The summed E-state index contributed by atoms with van der Waals surface area (Å²) in [6, 6.07) is 32.7. The van der Waals surface area contributed by atoms with Crippen molar-refractivity contribution in [2.75, 3.05) is 6.54 Å². The van der Waals surface area contributed by atoms with Gasteiger partial charge in [-0.2, -0.15) is 0 Å². The van der Waals surface area contributed by atoms with Crippen LogP contribution < -0.4 is 21.3 Å². The van der Waals surface area contributed by atoms with Crippen LogP contribution in [0, 0.1) is 0 Å². The molecule has 296 valence electrons. The molecule has 0 fully saturated rings. The van der Waals surface area contributed by atoms with E-state index in [0.29, 0.717) is 6.42 Å². The van der Waals surface area contributed by atoms with Gasteiger partial charge in [0, 0.05) is 12.8 Å². The number of esters is 1. The summed E-state index contributed by atoms with van der Waals surface area (Å²) in [7, 11) is 10.3. The molecular formula is C43H44B2N4O9. The summed E-state index contributed by atoms with van der Waals surface area (Å²) in [6.45, 7) is 1.44. The predicted molar refractivity (Wildman–Crippen MR) is 221 cm³/mol. The minimum absolute atomic E-state index is 0.0531. The normalized spacial score (nSPS) is 12.7. The smallest absolute Gasteiger partial charge is 0.326 e. The van der Waals surface area contributed by atoms with Gasteiger partial charge in [0.1, 0.15) is 25.2 Å². The summed E-state index contributed by atoms with van der Waals surface area (Å²) in [5.74, 6) is -4.93. The molecular weight excluding hydrogens is 738 g/mol. The molecule has 0 aliphatic heterocycles. The van der Waals surface area contributed by atoms with Crippen LogP contribution in [0.4, 0.5) is 9.59 Å². The fraction of sp³-hybridized carbons (Fsp3) is 0.256. The molecule has 0 saturated carbocycles. The standard InChI is InChI=1S/C29H32BN3O6.C14H12BNO3/c1-2-9-23(26(35)28(37)31-17-25(34)39-18-19-10-4-3-5-11-19)32-27(36)24(33-29(30)38)16-21-14-8-13-20-12-6-7-15-22(20)21;15-14(19)16-12(13(17)18)8-10-6-3-5-9-4-1-2-7-11(9)10/h3-8,10-15,23-24,26,35H,2,9,16-18H2,1H3,(H,31,37)(H,32,36)(H,33,38);1-7,12H,8H2,(H,16,19)(H,17,18)/t23?,24-,26?;12-/m00/s1. The average Bonchev–Trinajstić information content (AvgIpc) is 3.21. The summed E-state index contributed by atoms with van der Waals surface area (Å²) in [4.78, 5) is 71.5. The largest absolute Gasteiger partial charge is 0.480 e. The number of aliphatic hydroxyl groups excluding tert-OH is 1. The Morgan fingerprint density at radius 1 is 0.638 bits per heavy atom. The molecule has 4 atom stereocenters. The SMILES string of the molecule is [B]C(=O)N[C@@H](Cc1cccc2ccccc12)C(=O)NC(CCC)C(O)C(=O)NCC(=O)OCc1ccccc1.[B]C(=O)N[C@@H](Cc1cccc2ccccc12)C(=O)O. The topological polar surface area (TPSA) is 200 Å². The number of fused-ring (bicyclic) bond motifs is 2. The van der Waals surface area contributed by atoms with Crippen molar-refractivity contribution in [3.8, 4) is 0 Å². The molecule has 15 heteroatoms. The summed E-state index contributed by atoms with van der Waals surface area (Å²) in [5.41, 5.74) is 2.48.